The van der Waals surface area contributed by atoms with Gasteiger partial charge in [-0.2, -0.15) is 0 Å². The molecule has 0 saturated carbocycles. The van der Waals surface area contributed by atoms with Crippen molar-refractivity contribution in [1.29, 1.82) is 0 Å². The maximum atomic E-state index is 12.0. The summed E-state index contributed by atoms with van der Waals surface area (Å²) in [6.07, 6.45) is 2.43. The highest BCUT2D eigenvalue weighted by Crippen LogP contribution is 2.17. The molecular weight excluding hydrogens is 240 g/mol. The normalized spacial score (nSPS) is 23.1. The van der Waals surface area contributed by atoms with Crippen LogP contribution in [0.25, 0.3) is 0 Å². The number of aryl methyl sites for hydroxylation is 1. The molecule has 2 unspecified atom stereocenters. The third kappa shape index (κ3) is 3.47. The Labute approximate surface area is 114 Å². The summed E-state index contributed by atoms with van der Waals surface area (Å²) in [7, 11) is 0. The van der Waals surface area contributed by atoms with Gasteiger partial charge in [-0.05, 0) is 56.0 Å². The quantitative estimate of drug-likeness (QED) is 0.778. The van der Waals surface area contributed by atoms with Gasteiger partial charge in [0.05, 0.1) is 0 Å². The Hall–Kier alpha value is -1.55. The lowest BCUT2D eigenvalue weighted by Gasteiger charge is -2.30. The van der Waals surface area contributed by atoms with Crippen molar-refractivity contribution in [2.75, 3.05) is 13.1 Å². The molecule has 0 bridgehead atoms. The van der Waals surface area contributed by atoms with E-state index in [1.165, 1.54) is 12.8 Å². The smallest absolute Gasteiger partial charge is 0.251 e. The van der Waals surface area contributed by atoms with Crippen LogP contribution in [0.4, 0.5) is 0 Å². The fourth-order valence-corrected chi connectivity index (χ4v) is 2.49. The number of phenolic OH excluding ortho intramolecular Hbond substituents is 1. The van der Waals surface area contributed by atoms with Crippen molar-refractivity contribution >= 4 is 5.91 Å². The van der Waals surface area contributed by atoms with Crippen LogP contribution in [0.5, 0.6) is 5.75 Å². The van der Waals surface area contributed by atoms with Gasteiger partial charge in [0.25, 0.3) is 5.91 Å². The number of piperidine rings is 1. The highest BCUT2D eigenvalue weighted by molar-refractivity contribution is 5.94. The van der Waals surface area contributed by atoms with Crippen LogP contribution in [-0.4, -0.2) is 30.1 Å². The van der Waals surface area contributed by atoms with E-state index in [-0.39, 0.29) is 11.7 Å². The number of carbonyl (C=O) groups excluding carboxylic acids is 1. The lowest BCUT2D eigenvalue weighted by molar-refractivity contribution is 0.0943. The second kappa shape index (κ2) is 6.06. The summed E-state index contributed by atoms with van der Waals surface area (Å²) < 4.78 is 0. The molecule has 1 aromatic carbocycles. The first-order valence-corrected chi connectivity index (χ1v) is 6.89. The molecule has 4 nitrogen and oxygen atoms in total. The topological polar surface area (TPSA) is 61.4 Å². The second-order valence-electron chi connectivity index (χ2n) is 5.39. The van der Waals surface area contributed by atoms with E-state index in [0.29, 0.717) is 24.1 Å². The number of aromatic hydroxyl groups is 1. The highest BCUT2D eigenvalue weighted by atomic mass is 16.3. The van der Waals surface area contributed by atoms with E-state index in [1.54, 1.807) is 25.1 Å². The first kappa shape index (κ1) is 13.9. The Balaban J connectivity index is 1.91. The van der Waals surface area contributed by atoms with Crippen LogP contribution >= 0.6 is 0 Å². The third-order valence-electron chi connectivity index (χ3n) is 3.87. The van der Waals surface area contributed by atoms with Gasteiger partial charge in [0.1, 0.15) is 5.75 Å². The average Bonchev–Trinajstić information content (AvgIpc) is 2.40. The van der Waals surface area contributed by atoms with Crippen molar-refractivity contribution in [1.82, 2.24) is 10.6 Å². The molecule has 2 atom stereocenters. The lowest BCUT2D eigenvalue weighted by Crippen LogP contribution is -2.47. The van der Waals surface area contributed by atoms with Gasteiger partial charge in [-0.3, -0.25) is 4.79 Å². The summed E-state index contributed by atoms with van der Waals surface area (Å²) in [6, 6.07) is 5.28. The zero-order valence-corrected chi connectivity index (χ0v) is 11.6. The van der Waals surface area contributed by atoms with Crippen molar-refractivity contribution < 1.29 is 9.90 Å². The Bertz CT molecular complexity index is 459. The third-order valence-corrected chi connectivity index (χ3v) is 3.87. The fourth-order valence-electron chi connectivity index (χ4n) is 2.49. The summed E-state index contributed by atoms with van der Waals surface area (Å²) in [5.74, 6) is 0.734. The van der Waals surface area contributed by atoms with E-state index in [4.69, 9.17) is 0 Å². The van der Waals surface area contributed by atoms with Gasteiger partial charge in [-0.15, -0.1) is 0 Å². The molecule has 19 heavy (non-hydrogen) atoms. The van der Waals surface area contributed by atoms with E-state index in [0.717, 1.165) is 12.1 Å². The molecule has 1 amide bonds. The maximum Gasteiger partial charge on any atom is 0.251 e. The molecule has 2 rings (SSSR count). The molecule has 1 heterocycles. The lowest BCUT2D eigenvalue weighted by atomic mass is 9.93. The Morgan fingerprint density at radius 3 is 3.00 bits per heavy atom. The zero-order valence-electron chi connectivity index (χ0n) is 11.6. The maximum absolute atomic E-state index is 12.0. The van der Waals surface area contributed by atoms with Crippen molar-refractivity contribution in [3.8, 4) is 5.75 Å². The van der Waals surface area contributed by atoms with Crippen molar-refractivity contribution in [2.24, 2.45) is 5.92 Å². The van der Waals surface area contributed by atoms with E-state index < -0.39 is 0 Å². The first-order valence-electron chi connectivity index (χ1n) is 6.89. The SMILES string of the molecule is Cc1cc(C(=O)NCC2NCCCC2C)ccc1O. The number of carbonyl (C=O) groups is 1. The van der Waals surface area contributed by atoms with Crippen LogP contribution < -0.4 is 10.6 Å². The van der Waals surface area contributed by atoms with Gasteiger partial charge in [0.2, 0.25) is 0 Å². The molecule has 1 aromatic rings. The summed E-state index contributed by atoms with van der Waals surface area (Å²) in [5, 5.41) is 15.9. The minimum Gasteiger partial charge on any atom is -0.508 e. The number of hydrogen-bond acceptors (Lipinski definition) is 3. The molecule has 0 aromatic heterocycles. The minimum atomic E-state index is -0.0809. The summed E-state index contributed by atoms with van der Waals surface area (Å²) in [6.45, 7) is 5.69. The predicted molar refractivity (Wildman–Crippen MR) is 75.4 cm³/mol. The summed E-state index contributed by atoms with van der Waals surface area (Å²) in [5.41, 5.74) is 1.32. The van der Waals surface area contributed by atoms with Gasteiger partial charge in [0, 0.05) is 18.2 Å². The zero-order chi connectivity index (χ0) is 13.8. The molecule has 0 aliphatic carbocycles. The molecule has 104 valence electrons. The Kier molecular flexibility index (Phi) is 4.43. The van der Waals surface area contributed by atoms with Gasteiger partial charge >= 0.3 is 0 Å². The average molecular weight is 262 g/mol. The van der Waals surface area contributed by atoms with Crippen LogP contribution in [0.2, 0.25) is 0 Å². The van der Waals surface area contributed by atoms with Crippen molar-refractivity contribution in [3.05, 3.63) is 29.3 Å². The standard InChI is InChI=1S/C15H22N2O2/c1-10-4-3-7-16-13(10)9-17-15(19)12-5-6-14(18)11(2)8-12/h5-6,8,10,13,16,18H,3-4,7,9H2,1-2H3,(H,17,19). The van der Waals surface area contributed by atoms with E-state index >= 15 is 0 Å². The first-order chi connectivity index (χ1) is 9.08. The van der Waals surface area contributed by atoms with Crippen LogP contribution in [-0.2, 0) is 0 Å². The number of nitrogens with one attached hydrogen (secondary N) is 2. The van der Waals surface area contributed by atoms with E-state index in [9.17, 15) is 9.90 Å². The van der Waals surface area contributed by atoms with Gasteiger partial charge < -0.3 is 15.7 Å². The molecule has 4 heteroatoms. The van der Waals surface area contributed by atoms with E-state index in [2.05, 4.69) is 17.6 Å². The Morgan fingerprint density at radius 2 is 2.32 bits per heavy atom. The molecule has 1 aliphatic rings. The van der Waals surface area contributed by atoms with Crippen molar-refractivity contribution in [3.63, 3.8) is 0 Å². The molecule has 0 radical (unpaired) electrons. The molecule has 0 spiro atoms. The molecule has 1 saturated heterocycles. The predicted octanol–water partition coefficient (Wildman–Crippen LogP) is 1.82. The highest BCUT2D eigenvalue weighted by Gasteiger charge is 2.21. The summed E-state index contributed by atoms with van der Waals surface area (Å²) in [4.78, 5) is 12.0. The van der Waals surface area contributed by atoms with Crippen LogP contribution in [0, 0.1) is 12.8 Å². The summed E-state index contributed by atoms with van der Waals surface area (Å²) >= 11 is 0. The van der Waals surface area contributed by atoms with Crippen LogP contribution in [0.3, 0.4) is 0 Å². The number of benzene rings is 1. The molecule has 1 aliphatic heterocycles. The van der Waals surface area contributed by atoms with Gasteiger partial charge in [0.15, 0.2) is 0 Å². The number of hydrogen-bond donors (Lipinski definition) is 3. The molecular formula is C15H22N2O2. The van der Waals surface area contributed by atoms with Gasteiger partial charge in [-0.1, -0.05) is 6.92 Å². The molecule has 3 N–H and O–H groups in total. The number of phenols is 1. The molecule has 1 fully saturated rings. The largest absolute Gasteiger partial charge is 0.508 e. The van der Waals surface area contributed by atoms with E-state index in [1.807, 2.05) is 0 Å². The minimum absolute atomic E-state index is 0.0809. The van der Waals surface area contributed by atoms with Crippen LogP contribution in [0.1, 0.15) is 35.7 Å². The van der Waals surface area contributed by atoms with Crippen LogP contribution in [0.15, 0.2) is 18.2 Å². The fraction of sp³-hybridized carbons (Fsp3) is 0.533. The van der Waals surface area contributed by atoms with Gasteiger partial charge in [-0.25, -0.2) is 0 Å². The number of amides is 1. The monoisotopic (exact) mass is 262 g/mol. The second-order valence-corrected chi connectivity index (χ2v) is 5.39. The van der Waals surface area contributed by atoms with Crippen molar-refractivity contribution in [2.45, 2.75) is 32.7 Å². The number of rotatable bonds is 3. The Morgan fingerprint density at radius 1 is 1.53 bits per heavy atom.